The maximum atomic E-state index is 12.5. The summed E-state index contributed by atoms with van der Waals surface area (Å²) < 4.78 is 0. The van der Waals surface area contributed by atoms with Gasteiger partial charge in [0.15, 0.2) is 0 Å². The van der Waals surface area contributed by atoms with Crippen molar-refractivity contribution in [2.75, 3.05) is 36.4 Å². The lowest BCUT2D eigenvalue weighted by atomic mass is 9.80. The molecule has 170 valence electrons. The predicted molar refractivity (Wildman–Crippen MR) is 128 cm³/mol. The van der Waals surface area contributed by atoms with Crippen LogP contribution in [-0.2, 0) is 15.0 Å². The average Bonchev–Trinajstić information content (AvgIpc) is 3.53. The normalized spacial score (nSPS) is 24.5. The molecule has 1 saturated heterocycles. The molecule has 8 nitrogen and oxygen atoms in total. The van der Waals surface area contributed by atoms with Gasteiger partial charge in [0.2, 0.25) is 11.8 Å². The number of benzene rings is 1. The Labute approximate surface area is 195 Å². The van der Waals surface area contributed by atoms with Crippen molar-refractivity contribution >= 4 is 45.8 Å². The van der Waals surface area contributed by atoms with Crippen molar-refractivity contribution in [2.24, 2.45) is 11.7 Å². The summed E-state index contributed by atoms with van der Waals surface area (Å²) in [6.07, 6.45) is 6.06. The largest absolute Gasteiger partial charge is 0.369 e. The third kappa shape index (κ3) is 3.04. The second kappa shape index (κ2) is 7.46. The number of hydrogen-bond donors (Lipinski definition) is 4. The van der Waals surface area contributed by atoms with Gasteiger partial charge in [-0.1, -0.05) is 23.7 Å². The summed E-state index contributed by atoms with van der Waals surface area (Å²) in [6, 6.07) is 5.97. The van der Waals surface area contributed by atoms with Crippen LogP contribution in [0.5, 0.6) is 0 Å². The first-order valence-electron chi connectivity index (χ1n) is 11.3. The van der Waals surface area contributed by atoms with Crippen LogP contribution in [0.2, 0.25) is 5.02 Å². The van der Waals surface area contributed by atoms with Crippen LogP contribution in [0, 0.1) is 5.92 Å². The Hall–Kier alpha value is -3.10. The summed E-state index contributed by atoms with van der Waals surface area (Å²) >= 11 is 7.07. The summed E-state index contributed by atoms with van der Waals surface area (Å²) in [5, 5.41) is 8.17. The maximum Gasteiger partial charge on any atom is 0.241 e. The molecule has 2 amide bonds. The van der Waals surface area contributed by atoms with Crippen LogP contribution >= 0.6 is 11.6 Å². The lowest BCUT2D eigenvalue weighted by molar-refractivity contribution is -0.121. The van der Waals surface area contributed by atoms with Gasteiger partial charge in [0.25, 0.3) is 0 Å². The molecule has 2 atom stereocenters. The van der Waals surface area contributed by atoms with Gasteiger partial charge < -0.3 is 26.3 Å². The third-order valence-corrected chi connectivity index (χ3v) is 7.91. The number of primary amides is 1. The summed E-state index contributed by atoms with van der Waals surface area (Å²) in [5.74, 6) is 0.470. The lowest BCUT2D eigenvalue weighted by Crippen LogP contribution is -2.48. The van der Waals surface area contributed by atoms with Gasteiger partial charge in [-0.3, -0.25) is 9.59 Å². The first kappa shape index (κ1) is 20.5. The van der Waals surface area contributed by atoms with Crippen molar-refractivity contribution in [3.05, 3.63) is 41.2 Å². The Morgan fingerprint density at radius 2 is 2.18 bits per heavy atom. The minimum absolute atomic E-state index is 0.0559. The molecule has 3 aromatic rings. The van der Waals surface area contributed by atoms with E-state index < -0.39 is 0 Å². The Bertz CT molecular complexity index is 1300. The third-order valence-electron chi connectivity index (χ3n) is 7.51. The van der Waals surface area contributed by atoms with Gasteiger partial charge in [0.05, 0.1) is 22.8 Å². The van der Waals surface area contributed by atoms with E-state index >= 15 is 0 Å². The van der Waals surface area contributed by atoms with E-state index in [4.69, 9.17) is 22.3 Å². The number of amides is 2. The molecule has 0 radical (unpaired) electrons. The van der Waals surface area contributed by atoms with Crippen LogP contribution in [0.25, 0.3) is 22.0 Å². The molecule has 1 aliphatic carbocycles. The van der Waals surface area contributed by atoms with E-state index in [2.05, 4.69) is 15.6 Å². The first-order valence-corrected chi connectivity index (χ1v) is 11.7. The molecule has 2 fully saturated rings. The van der Waals surface area contributed by atoms with Crippen molar-refractivity contribution in [3.8, 4) is 11.1 Å². The molecule has 1 aromatic carbocycles. The number of carbonyl (C=O) groups is 2. The highest BCUT2D eigenvalue weighted by Crippen LogP contribution is 2.53. The lowest BCUT2D eigenvalue weighted by Gasteiger charge is -2.27. The van der Waals surface area contributed by atoms with E-state index in [-0.39, 0.29) is 23.1 Å². The van der Waals surface area contributed by atoms with E-state index in [0.717, 1.165) is 58.5 Å². The first-order chi connectivity index (χ1) is 16.0. The van der Waals surface area contributed by atoms with Gasteiger partial charge in [0.1, 0.15) is 5.82 Å². The number of hydrogen-bond acceptors (Lipinski definition) is 5. The molecule has 9 heteroatoms. The molecule has 4 heterocycles. The molecule has 1 saturated carbocycles. The number of H-pyrrole nitrogens is 1. The average molecular weight is 465 g/mol. The molecule has 33 heavy (non-hydrogen) atoms. The van der Waals surface area contributed by atoms with E-state index in [0.29, 0.717) is 31.1 Å². The van der Waals surface area contributed by atoms with Gasteiger partial charge >= 0.3 is 0 Å². The molecule has 6 rings (SSSR count). The van der Waals surface area contributed by atoms with Crippen molar-refractivity contribution < 1.29 is 9.59 Å². The molecule has 2 aromatic heterocycles. The quantitative estimate of drug-likeness (QED) is 0.475. The number of rotatable bonds is 3. The number of aromatic amines is 1. The number of nitrogens with zero attached hydrogens (tertiary/aromatic N) is 2. The molecule has 0 bridgehead atoms. The Morgan fingerprint density at radius 1 is 1.30 bits per heavy atom. The number of anilines is 2. The fourth-order valence-corrected chi connectivity index (χ4v) is 6.28. The SMILES string of the molecule is NC(=O)C1CCC2(CNc3ncc(-c4c[nH]c5c(N6CCNCC6=O)cccc45)c(Cl)c32)C1. The number of para-hydroxylation sites is 1. The number of aromatic nitrogens is 2. The number of pyridine rings is 1. The zero-order valence-electron chi connectivity index (χ0n) is 18.1. The second-order valence-corrected chi connectivity index (χ2v) is 9.69. The summed E-state index contributed by atoms with van der Waals surface area (Å²) in [5.41, 5.74) is 9.95. The maximum absolute atomic E-state index is 12.5. The number of nitrogens with one attached hydrogen (secondary N) is 3. The highest BCUT2D eigenvalue weighted by molar-refractivity contribution is 6.35. The fourth-order valence-electron chi connectivity index (χ4n) is 5.84. The highest BCUT2D eigenvalue weighted by atomic mass is 35.5. The molecule has 3 aliphatic rings. The van der Waals surface area contributed by atoms with E-state index in [1.165, 1.54) is 0 Å². The van der Waals surface area contributed by atoms with Gasteiger partial charge in [-0.25, -0.2) is 4.98 Å². The number of nitrogens with two attached hydrogens (primary N) is 1. The Morgan fingerprint density at radius 3 is 2.97 bits per heavy atom. The molecule has 5 N–H and O–H groups in total. The Balaban J connectivity index is 1.45. The standard InChI is InChI=1S/C24H25ClN6O2/c25-20-16(10-29-23-19(20)24(12-30-23)5-4-13(8-24)22(26)33)15-9-28-21-14(15)2-1-3-17(21)31-7-6-27-11-18(31)32/h1-3,9-10,13,27-28H,4-8,11-12H2,(H2,26,33)(H,29,30). The minimum atomic E-state index is -0.243. The molecular weight excluding hydrogens is 440 g/mol. The molecular formula is C24H25ClN6O2. The molecule has 2 unspecified atom stereocenters. The summed E-state index contributed by atoms with van der Waals surface area (Å²) in [6.45, 7) is 2.44. The zero-order chi connectivity index (χ0) is 22.7. The summed E-state index contributed by atoms with van der Waals surface area (Å²) in [7, 11) is 0. The number of piperazine rings is 1. The smallest absolute Gasteiger partial charge is 0.241 e. The van der Waals surface area contributed by atoms with Crippen LogP contribution < -0.4 is 21.3 Å². The van der Waals surface area contributed by atoms with Crippen LogP contribution in [0.1, 0.15) is 24.8 Å². The Kier molecular flexibility index (Phi) is 4.64. The van der Waals surface area contributed by atoms with Crippen molar-refractivity contribution in [1.29, 1.82) is 0 Å². The highest BCUT2D eigenvalue weighted by Gasteiger charge is 2.48. The van der Waals surface area contributed by atoms with Crippen LogP contribution in [0.4, 0.5) is 11.5 Å². The van der Waals surface area contributed by atoms with Crippen LogP contribution in [-0.4, -0.2) is 48.0 Å². The second-order valence-electron chi connectivity index (χ2n) is 9.31. The minimum Gasteiger partial charge on any atom is -0.369 e. The molecule has 2 aliphatic heterocycles. The van der Waals surface area contributed by atoms with E-state index in [1.807, 2.05) is 29.3 Å². The predicted octanol–water partition coefficient (Wildman–Crippen LogP) is 2.77. The van der Waals surface area contributed by atoms with Gasteiger partial charge in [-0.05, 0) is 25.3 Å². The topological polar surface area (TPSA) is 116 Å². The zero-order valence-corrected chi connectivity index (χ0v) is 18.8. The van der Waals surface area contributed by atoms with E-state index in [1.54, 1.807) is 6.20 Å². The fraction of sp³-hybridized carbons (Fsp3) is 0.375. The monoisotopic (exact) mass is 464 g/mol. The number of halogens is 1. The van der Waals surface area contributed by atoms with Gasteiger partial charge in [-0.2, -0.15) is 0 Å². The molecule has 1 spiro atoms. The van der Waals surface area contributed by atoms with Crippen molar-refractivity contribution in [3.63, 3.8) is 0 Å². The van der Waals surface area contributed by atoms with Gasteiger partial charge in [-0.15, -0.1) is 0 Å². The number of fused-ring (bicyclic) bond motifs is 3. The van der Waals surface area contributed by atoms with Crippen LogP contribution in [0.3, 0.4) is 0 Å². The van der Waals surface area contributed by atoms with Gasteiger partial charge in [0, 0.05) is 65.4 Å². The van der Waals surface area contributed by atoms with E-state index in [9.17, 15) is 9.59 Å². The number of carbonyl (C=O) groups excluding carboxylic acids is 2. The van der Waals surface area contributed by atoms with Crippen LogP contribution in [0.15, 0.2) is 30.6 Å². The summed E-state index contributed by atoms with van der Waals surface area (Å²) in [4.78, 5) is 34.2. The van der Waals surface area contributed by atoms with Crippen molar-refractivity contribution in [1.82, 2.24) is 15.3 Å². The van der Waals surface area contributed by atoms with Crippen molar-refractivity contribution in [2.45, 2.75) is 24.7 Å².